The number of para-hydroxylation sites is 1. The Hall–Kier alpha value is -2.80. The van der Waals surface area contributed by atoms with Gasteiger partial charge in [-0.15, -0.1) is 0 Å². The van der Waals surface area contributed by atoms with E-state index in [2.05, 4.69) is 44.4 Å². The Balaban J connectivity index is 1.13. The first-order chi connectivity index (χ1) is 17.5. The maximum Gasteiger partial charge on any atom is 0.225 e. The first-order valence-electron chi connectivity index (χ1n) is 12.5. The summed E-state index contributed by atoms with van der Waals surface area (Å²) in [6.45, 7) is 1.80. The molecule has 0 atom stereocenters. The van der Waals surface area contributed by atoms with Crippen LogP contribution < -0.4 is 15.5 Å². The Labute approximate surface area is 222 Å². The normalized spacial score (nSPS) is 17.9. The average molecular weight is 524 g/mol. The molecule has 0 saturated heterocycles. The number of benzene rings is 2. The number of hydrogen-bond acceptors (Lipinski definition) is 5. The summed E-state index contributed by atoms with van der Waals surface area (Å²) in [5.74, 6) is 2.34. The van der Waals surface area contributed by atoms with E-state index in [4.69, 9.17) is 33.2 Å². The van der Waals surface area contributed by atoms with Gasteiger partial charge in [-0.3, -0.25) is 0 Å². The lowest BCUT2D eigenvalue weighted by atomic mass is 9.86. The molecule has 0 unspecified atom stereocenters. The van der Waals surface area contributed by atoms with Crippen molar-refractivity contribution in [2.24, 2.45) is 5.92 Å². The lowest BCUT2D eigenvalue weighted by Gasteiger charge is -2.29. The van der Waals surface area contributed by atoms with E-state index in [-0.39, 0.29) is 0 Å². The van der Waals surface area contributed by atoms with Crippen LogP contribution in [0.3, 0.4) is 0 Å². The van der Waals surface area contributed by atoms with Crippen LogP contribution in [0.2, 0.25) is 10.0 Å². The van der Waals surface area contributed by atoms with Gasteiger partial charge in [0, 0.05) is 59.7 Å². The van der Waals surface area contributed by atoms with Crippen molar-refractivity contribution in [2.45, 2.75) is 38.3 Å². The molecular weight excluding hydrogens is 491 g/mol. The average Bonchev–Trinajstić information content (AvgIpc) is 3.32. The largest absolute Gasteiger partial charge is 0.362 e. The van der Waals surface area contributed by atoms with Crippen molar-refractivity contribution in [3.63, 3.8) is 0 Å². The molecule has 0 aliphatic heterocycles. The van der Waals surface area contributed by atoms with Gasteiger partial charge in [0.05, 0.1) is 5.52 Å². The molecule has 2 aromatic heterocycles. The first-order valence-corrected chi connectivity index (χ1v) is 13.3. The monoisotopic (exact) mass is 522 g/mol. The fraction of sp³-hybridized carbons (Fsp3) is 0.357. The third-order valence-electron chi connectivity index (χ3n) is 6.88. The summed E-state index contributed by atoms with van der Waals surface area (Å²) in [7, 11) is 4.05. The van der Waals surface area contributed by atoms with Crippen molar-refractivity contribution in [2.75, 3.05) is 30.9 Å². The van der Waals surface area contributed by atoms with Crippen LogP contribution in [-0.2, 0) is 6.54 Å². The molecule has 1 saturated carbocycles. The third kappa shape index (κ3) is 5.77. The van der Waals surface area contributed by atoms with E-state index in [9.17, 15) is 0 Å². The zero-order valence-corrected chi connectivity index (χ0v) is 22.2. The van der Waals surface area contributed by atoms with Gasteiger partial charge in [0.15, 0.2) is 0 Å². The van der Waals surface area contributed by atoms with Crippen LogP contribution in [0.5, 0.6) is 0 Å². The van der Waals surface area contributed by atoms with Crippen LogP contribution in [0.25, 0.3) is 16.6 Å². The van der Waals surface area contributed by atoms with Crippen molar-refractivity contribution >= 4 is 45.9 Å². The summed E-state index contributed by atoms with van der Waals surface area (Å²) < 4.78 is 2.14. The highest BCUT2D eigenvalue weighted by Gasteiger charge is 2.22. The van der Waals surface area contributed by atoms with Crippen LogP contribution in [0, 0.1) is 5.92 Å². The van der Waals surface area contributed by atoms with E-state index >= 15 is 0 Å². The second-order valence-corrected chi connectivity index (χ2v) is 10.6. The van der Waals surface area contributed by atoms with Gasteiger partial charge in [0.2, 0.25) is 5.95 Å². The van der Waals surface area contributed by atoms with Crippen LogP contribution in [0.1, 0.15) is 31.4 Å². The molecule has 1 fully saturated rings. The highest BCUT2D eigenvalue weighted by Crippen LogP contribution is 2.28. The number of nitrogens with zero attached hydrogens (tertiary/aromatic N) is 4. The summed E-state index contributed by atoms with van der Waals surface area (Å²) in [4.78, 5) is 11.6. The molecular formula is C28H32Cl2N6. The van der Waals surface area contributed by atoms with Crippen molar-refractivity contribution in [3.8, 4) is 5.69 Å². The number of rotatable bonds is 8. The van der Waals surface area contributed by atoms with Crippen molar-refractivity contribution in [3.05, 3.63) is 76.5 Å². The molecule has 2 N–H and O–H groups in total. The quantitative estimate of drug-likeness (QED) is 0.274. The minimum Gasteiger partial charge on any atom is -0.362 e. The van der Waals surface area contributed by atoms with Gasteiger partial charge >= 0.3 is 0 Å². The minimum atomic E-state index is 0.405. The van der Waals surface area contributed by atoms with Crippen LogP contribution in [-0.4, -0.2) is 41.2 Å². The Morgan fingerprint density at radius 2 is 1.69 bits per heavy atom. The standard InChI is InChI=1S/C28H32Cl2N6/c1-35(2)27-25-7-3-4-8-26(25)33-28(34-27)32-22-11-9-19(10-12-22)17-31-18-23-6-5-13-36(23)24-15-20(29)14-21(30)16-24/h3-8,13-16,19,22,31H,9-12,17-18H2,1-2H3,(H,32,33,34)/t19-,22+. The summed E-state index contributed by atoms with van der Waals surface area (Å²) in [5, 5.41) is 9.63. The molecule has 8 heteroatoms. The number of halogens is 2. The third-order valence-corrected chi connectivity index (χ3v) is 7.32. The van der Waals surface area contributed by atoms with Gasteiger partial charge in [-0.25, -0.2) is 4.98 Å². The van der Waals surface area contributed by atoms with E-state index < -0.39 is 0 Å². The molecule has 1 aliphatic carbocycles. The molecule has 5 rings (SSSR count). The van der Waals surface area contributed by atoms with Gasteiger partial charge in [0.25, 0.3) is 0 Å². The second kappa shape index (κ2) is 11.1. The van der Waals surface area contributed by atoms with Crippen LogP contribution in [0.15, 0.2) is 60.8 Å². The van der Waals surface area contributed by atoms with E-state index in [1.165, 1.54) is 18.5 Å². The number of hydrogen-bond donors (Lipinski definition) is 2. The number of aromatic nitrogens is 3. The molecule has 0 amide bonds. The summed E-state index contributed by atoms with van der Waals surface area (Å²) in [5.41, 5.74) is 3.14. The van der Waals surface area contributed by atoms with E-state index in [1.807, 2.05) is 44.6 Å². The van der Waals surface area contributed by atoms with Gasteiger partial charge in [-0.05, 0) is 80.6 Å². The Morgan fingerprint density at radius 1 is 0.944 bits per heavy atom. The Morgan fingerprint density at radius 3 is 2.44 bits per heavy atom. The number of nitrogens with one attached hydrogen (secondary N) is 2. The van der Waals surface area contributed by atoms with Crippen molar-refractivity contribution in [1.82, 2.24) is 19.9 Å². The molecule has 2 heterocycles. The molecule has 36 heavy (non-hydrogen) atoms. The molecule has 6 nitrogen and oxygen atoms in total. The van der Waals surface area contributed by atoms with Gasteiger partial charge in [-0.2, -0.15) is 4.98 Å². The fourth-order valence-electron chi connectivity index (χ4n) is 5.05. The van der Waals surface area contributed by atoms with Gasteiger partial charge in [-0.1, -0.05) is 35.3 Å². The fourth-order valence-corrected chi connectivity index (χ4v) is 5.57. The van der Waals surface area contributed by atoms with Crippen LogP contribution >= 0.6 is 23.2 Å². The zero-order valence-electron chi connectivity index (χ0n) is 20.7. The Kier molecular flexibility index (Phi) is 7.65. The second-order valence-electron chi connectivity index (χ2n) is 9.77. The molecule has 0 radical (unpaired) electrons. The van der Waals surface area contributed by atoms with E-state index in [1.54, 1.807) is 6.07 Å². The molecule has 0 spiro atoms. The smallest absolute Gasteiger partial charge is 0.225 e. The first kappa shape index (κ1) is 24.9. The zero-order chi connectivity index (χ0) is 25.1. The molecule has 0 bridgehead atoms. The van der Waals surface area contributed by atoms with Crippen molar-refractivity contribution in [1.29, 1.82) is 0 Å². The molecule has 2 aromatic carbocycles. The topological polar surface area (TPSA) is 58.0 Å². The maximum absolute atomic E-state index is 6.21. The van der Waals surface area contributed by atoms with E-state index in [0.29, 0.717) is 22.0 Å². The van der Waals surface area contributed by atoms with Gasteiger partial charge in [0.1, 0.15) is 5.82 Å². The van der Waals surface area contributed by atoms with E-state index in [0.717, 1.165) is 54.3 Å². The predicted octanol–water partition coefficient (Wildman–Crippen LogP) is 6.55. The molecule has 4 aromatic rings. The predicted molar refractivity (Wildman–Crippen MR) is 151 cm³/mol. The lowest BCUT2D eigenvalue weighted by Crippen LogP contribution is -2.32. The lowest BCUT2D eigenvalue weighted by molar-refractivity contribution is 0.323. The highest BCUT2D eigenvalue weighted by atomic mass is 35.5. The number of fused-ring (bicyclic) bond motifs is 1. The summed E-state index contributed by atoms with van der Waals surface area (Å²) >= 11 is 12.4. The highest BCUT2D eigenvalue weighted by molar-refractivity contribution is 6.34. The summed E-state index contributed by atoms with van der Waals surface area (Å²) in [6, 6.07) is 18.4. The Bertz CT molecular complexity index is 1310. The number of anilines is 2. The van der Waals surface area contributed by atoms with Crippen LogP contribution in [0.4, 0.5) is 11.8 Å². The SMILES string of the molecule is CN(C)c1nc(N[C@H]2CC[C@@H](CNCc3cccn3-c3cc(Cl)cc(Cl)c3)CC2)nc2ccccc12. The molecule has 1 aliphatic rings. The van der Waals surface area contributed by atoms with Crippen molar-refractivity contribution < 1.29 is 0 Å². The summed E-state index contributed by atoms with van der Waals surface area (Å²) in [6.07, 6.45) is 6.66. The minimum absolute atomic E-state index is 0.405. The van der Waals surface area contributed by atoms with Gasteiger partial charge < -0.3 is 20.1 Å². The molecule has 188 valence electrons. The maximum atomic E-state index is 6.21.